The first kappa shape index (κ1) is 14.0. The Morgan fingerprint density at radius 1 is 1.18 bits per heavy atom. The normalized spacial score (nSPS) is 11.3. The highest BCUT2D eigenvalue weighted by molar-refractivity contribution is 5.44. The van der Waals surface area contributed by atoms with Crippen LogP contribution in [0.1, 0.15) is 50.3 Å². The summed E-state index contributed by atoms with van der Waals surface area (Å²) in [6.45, 7) is 11.3. The van der Waals surface area contributed by atoms with Gasteiger partial charge in [-0.2, -0.15) is 0 Å². The van der Waals surface area contributed by atoms with Gasteiger partial charge in [0.25, 0.3) is 0 Å². The quantitative estimate of drug-likeness (QED) is 0.849. The summed E-state index contributed by atoms with van der Waals surface area (Å²) in [6.07, 6.45) is 1.15. The van der Waals surface area contributed by atoms with Crippen LogP contribution >= 0.6 is 0 Å². The van der Waals surface area contributed by atoms with Crippen LogP contribution in [0, 0.1) is 6.92 Å². The smallest absolute Gasteiger partial charge is 0.123 e. The molecule has 0 amide bonds. The standard InChI is InChI=1S/C15H25NO/c1-10(2)14-9-13(6-7-16)12(5)8-15(14)17-11(3)4/h8-11H,6-7,16H2,1-5H3. The van der Waals surface area contributed by atoms with Crippen LogP contribution in [0.5, 0.6) is 5.75 Å². The number of ether oxygens (including phenoxy) is 1. The van der Waals surface area contributed by atoms with E-state index in [1.165, 1.54) is 16.7 Å². The van der Waals surface area contributed by atoms with Crippen molar-refractivity contribution in [2.45, 2.75) is 53.1 Å². The monoisotopic (exact) mass is 235 g/mol. The van der Waals surface area contributed by atoms with Crippen molar-refractivity contribution in [3.05, 3.63) is 28.8 Å². The lowest BCUT2D eigenvalue weighted by Crippen LogP contribution is -2.10. The first-order valence-corrected chi connectivity index (χ1v) is 6.45. The van der Waals surface area contributed by atoms with Gasteiger partial charge in [-0.1, -0.05) is 19.9 Å². The molecule has 17 heavy (non-hydrogen) atoms. The predicted molar refractivity (Wildman–Crippen MR) is 73.8 cm³/mol. The molecule has 2 heteroatoms. The van der Waals surface area contributed by atoms with Gasteiger partial charge in [-0.25, -0.2) is 0 Å². The Morgan fingerprint density at radius 2 is 1.82 bits per heavy atom. The summed E-state index contributed by atoms with van der Waals surface area (Å²) >= 11 is 0. The molecular formula is C15H25NO. The van der Waals surface area contributed by atoms with E-state index >= 15 is 0 Å². The van der Waals surface area contributed by atoms with Crippen LogP contribution in [-0.4, -0.2) is 12.6 Å². The molecule has 2 nitrogen and oxygen atoms in total. The lowest BCUT2D eigenvalue weighted by Gasteiger charge is -2.19. The summed E-state index contributed by atoms with van der Waals surface area (Å²) in [6, 6.07) is 4.41. The highest BCUT2D eigenvalue weighted by Crippen LogP contribution is 2.30. The van der Waals surface area contributed by atoms with Crippen molar-refractivity contribution in [3.8, 4) is 5.75 Å². The highest BCUT2D eigenvalue weighted by Gasteiger charge is 2.12. The van der Waals surface area contributed by atoms with Crippen molar-refractivity contribution in [2.24, 2.45) is 5.73 Å². The minimum Gasteiger partial charge on any atom is -0.491 e. The first-order valence-electron chi connectivity index (χ1n) is 6.45. The topological polar surface area (TPSA) is 35.2 Å². The average molecular weight is 235 g/mol. The van der Waals surface area contributed by atoms with Crippen molar-refractivity contribution in [1.29, 1.82) is 0 Å². The minimum atomic E-state index is 0.215. The van der Waals surface area contributed by atoms with Gasteiger partial charge in [-0.15, -0.1) is 0 Å². The van der Waals surface area contributed by atoms with Gasteiger partial charge in [0.15, 0.2) is 0 Å². The number of hydrogen-bond donors (Lipinski definition) is 1. The zero-order valence-electron chi connectivity index (χ0n) is 11.7. The third kappa shape index (κ3) is 3.74. The van der Waals surface area contributed by atoms with E-state index in [0.29, 0.717) is 12.5 Å². The van der Waals surface area contributed by atoms with Crippen molar-refractivity contribution < 1.29 is 4.74 Å². The Hall–Kier alpha value is -1.02. The average Bonchev–Trinajstić information content (AvgIpc) is 2.20. The number of aryl methyl sites for hydroxylation is 1. The number of rotatable bonds is 5. The second-order valence-corrected chi connectivity index (χ2v) is 5.18. The lowest BCUT2D eigenvalue weighted by molar-refractivity contribution is 0.239. The van der Waals surface area contributed by atoms with Gasteiger partial charge in [0.05, 0.1) is 6.10 Å². The molecule has 1 aromatic carbocycles. The summed E-state index contributed by atoms with van der Waals surface area (Å²) in [7, 11) is 0. The first-order chi connectivity index (χ1) is 7.95. The van der Waals surface area contributed by atoms with E-state index in [9.17, 15) is 0 Å². The van der Waals surface area contributed by atoms with Gasteiger partial charge in [0.1, 0.15) is 5.75 Å². The van der Waals surface area contributed by atoms with Crippen molar-refractivity contribution >= 4 is 0 Å². The van der Waals surface area contributed by atoms with E-state index in [2.05, 4.69) is 46.8 Å². The third-order valence-corrected chi connectivity index (χ3v) is 2.87. The molecule has 0 saturated carbocycles. The van der Waals surface area contributed by atoms with Crippen LogP contribution in [0.2, 0.25) is 0 Å². The fourth-order valence-electron chi connectivity index (χ4n) is 1.98. The molecule has 0 bridgehead atoms. The van der Waals surface area contributed by atoms with Crippen molar-refractivity contribution in [3.63, 3.8) is 0 Å². The van der Waals surface area contributed by atoms with Gasteiger partial charge in [-0.3, -0.25) is 0 Å². The van der Waals surface area contributed by atoms with E-state index in [1.807, 2.05) is 0 Å². The van der Waals surface area contributed by atoms with Crippen LogP contribution in [0.15, 0.2) is 12.1 Å². The van der Waals surface area contributed by atoms with E-state index in [4.69, 9.17) is 10.5 Å². The van der Waals surface area contributed by atoms with Crippen LogP contribution in [0.4, 0.5) is 0 Å². The Balaban J connectivity index is 3.15. The molecule has 0 aliphatic carbocycles. The zero-order chi connectivity index (χ0) is 13.0. The fourth-order valence-corrected chi connectivity index (χ4v) is 1.98. The van der Waals surface area contributed by atoms with Crippen LogP contribution in [0.25, 0.3) is 0 Å². The Labute approximate surface area is 105 Å². The lowest BCUT2D eigenvalue weighted by atomic mass is 9.95. The molecule has 1 aromatic rings. The van der Waals surface area contributed by atoms with Crippen LogP contribution < -0.4 is 10.5 Å². The predicted octanol–water partition coefficient (Wildman–Crippen LogP) is 3.41. The summed E-state index contributed by atoms with van der Waals surface area (Å²) in [5.41, 5.74) is 9.54. The molecule has 0 aliphatic heterocycles. The fraction of sp³-hybridized carbons (Fsp3) is 0.600. The highest BCUT2D eigenvalue weighted by atomic mass is 16.5. The van der Waals surface area contributed by atoms with E-state index in [1.54, 1.807) is 0 Å². The van der Waals surface area contributed by atoms with E-state index < -0.39 is 0 Å². The molecule has 0 aromatic heterocycles. The molecule has 0 unspecified atom stereocenters. The molecule has 0 radical (unpaired) electrons. The van der Waals surface area contributed by atoms with Gasteiger partial charge < -0.3 is 10.5 Å². The molecule has 1 rings (SSSR count). The van der Waals surface area contributed by atoms with E-state index in [0.717, 1.165) is 12.2 Å². The largest absolute Gasteiger partial charge is 0.491 e. The van der Waals surface area contributed by atoms with Gasteiger partial charge >= 0.3 is 0 Å². The number of benzene rings is 1. The summed E-state index contributed by atoms with van der Waals surface area (Å²) in [4.78, 5) is 0. The Bertz CT molecular complexity index is 369. The molecule has 0 heterocycles. The van der Waals surface area contributed by atoms with Crippen molar-refractivity contribution in [2.75, 3.05) is 6.54 Å². The van der Waals surface area contributed by atoms with Gasteiger partial charge in [0.2, 0.25) is 0 Å². The maximum atomic E-state index is 5.89. The molecule has 0 saturated heterocycles. The number of nitrogens with two attached hydrogens (primary N) is 1. The maximum Gasteiger partial charge on any atom is 0.123 e. The minimum absolute atomic E-state index is 0.215. The molecule has 0 aliphatic rings. The SMILES string of the molecule is Cc1cc(OC(C)C)c(C(C)C)cc1CCN. The Morgan fingerprint density at radius 3 is 2.29 bits per heavy atom. The van der Waals surface area contributed by atoms with Gasteiger partial charge in [0, 0.05) is 0 Å². The molecular weight excluding hydrogens is 210 g/mol. The second kappa shape index (κ2) is 6.06. The molecule has 0 fully saturated rings. The zero-order valence-corrected chi connectivity index (χ0v) is 11.7. The molecule has 2 N–H and O–H groups in total. The maximum absolute atomic E-state index is 5.89. The second-order valence-electron chi connectivity index (χ2n) is 5.18. The van der Waals surface area contributed by atoms with E-state index in [-0.39, 0.29) is 6.10 Å². The number of hydrogen-bond acceptors (Lipinski definition) is 2. The van der Waals surface area contributed by atoms with Crippen molar-refractivity contribution in [1.82, 2.24) is 0 Å². The summed E-state index contributed by atoms with van der Waals surface area (Å²) < 4.78 is 5.89. The van der Waals surface area contributed by atoms with Crippen LogP contribution in [0.3, 0.4) is 0 Å². The summed E-state index contributed by atoms with van der Waals surface area (Å²) in [5, 5.41) is 0. The Kier molecular flexibility index (Phi) is 5.01. The molecule has 96 valence electrons. The third-order valence-electron chi connectivity index (χ3n) is 2.87. The van der Waals surface area contributed by atoms with Gasteiger partial charge in [-0.05, 0) is 62.4 Å². The summed E-state index contributed by atoms with van der Waals surface area (Å²) in [5.74, 6) is 1.49. The van der Waals surface area contributed by atoms with Crippen LogP contribution in [-0.2, 0) is 6.42 Å². The molecule has 0 spiro atoms. The molecule has 0 atom stereocenters.